The van der Waals surface area contributed by atoms with Crippen molar-refractivity contribution < 1.29 is 22.4 Å². The zero-order valence-electron chi connectivity index (χ0n) is 14.4. The quantitative estimate of drug-likeness (QED) is 0.541. The van der Waals surface area contributed by atoms with Crippen molar-refractivity contribution in [2.24, 2.45) is 0 Å². The van der Waals surface area contributed by atoms with Gasteiger partial charge in [-0.25, -0.2) is 0 Å². The molecule has 0 radical (unpaired) electrons. The first-order valence-corrected chi connectivity index (χ1v) is 8.37. The van der Waals surface area contributed by atoms with Crippen molar-refractivity contribution in [3.05, 3.63) is 83.8 Å². The molecule has 28 heavy (non-hydrogen) atoms. The van der Waals surface area contributed by atoms with Crippen molar-refractivity contribution in [2.45, 2.75) is 12.7 Å². The Morgan fingerprint density at radius 3 is 2.57 bits per heavy atom. The van der Waals surface area contributed by atoms with E-state index in [2.05, 4.69) is 10.4 Å². The van der Waals surface area contributed by atoms with Gasteiger partial charge in [-0.05, 0) is 29.8 Å². The molecule has 0 saturated carbocycles. The fourth-order valence-electron chi connectivity index (χ4n) is 3.01. The van der Waals surface area contributed by atoms with Crippen molar-refractivity contribution >= 4 is 22.6 Å². The summed E-state index contributed by atoms with van der Waals surface area (Å²) in [5, 5.41) is 7.66. The molecule has 0 aliphatic carbocycles. The lowest BCUT2D eigenvalue weighted by atomic mass is 10.1. The van der Waals surface area contributed by atoms with Gasteiger partial charge in [-0.1, -0.05) is 30.3 Å². The average molecular weight is 385 g/mol. The number of hydrogen-bond donors (Lipinski definition) is 1. The Hall–Kier alpha value is -3.55. The minimum atomic E-state index is -4.46. The van der Waals surface area contributed by atoms with E-state index in [1.165, 1.54) is 35.4 Å². The largest absolute Gasteiger partial charge is 0.472 e. The van der Waals surface area contributed by atoms with Gasteiger partial charge in [0.2, 0.25) is 0 Å². The van der Waals surface area contributed by atoms with Gasteiger partial charge in [0, 0.05) is 5.39 Å². The van der Waals surface area contributed by atoms with E-state index in [0.29, 0.717) is 16.5 Å². The van der Waals surface area contributed by atoms with Gasteiger partial charge >= 0.3 is 6.18 Å². The van der Waals surface area contributed by atoms with Gasteiger partial charge < -0.3 is 9.73 Å². The van der Waals surface area contributed by atoms with Crippen molar-refractivity contribution in [3.8, 4) is 0 Å². The first-order valence-electron chi connectivity index (χ1n) is 8.37. The van der Waals surface area contributed by atoms with E-state index in [9.17, 15) is 18.0 Å². The highest BCUT2D eigenvalue weighted by Gasteiger charge is 2.33. The Morgan fingerprint density at radius 1 is 1.07 bits per heavy atom. The maximum atomic E-state index is 13.3. The second-order valence-corrected chi connectivity index (χ2v) is 6.14. The SMILES string of the molecule is O=C(Nc1nn(Cc2ccccc2C(F)(F)F)c2ccccc12)c1ccoc1. The van der Waals surface area contributed by atoms with E-state index in [4.69, 9.17) is 4.42 Å². The highest BCUT2D eigenvalue weighted by atomic mass is 19.4. The van der Waals surface area contributed by atoms with Crippen LogP contribution in [-0.4, -0.2) is 15.7 Å². The fraction of sp³-hybridized carbons (Fsp3) is 0.100. The van der Waals surface area contributed by atoms with Crippen molar-refractivity contribution in [2.75, 3.05) is 5.32 Å². The van der Waals surface area contributed by atoms with Crippen LogP contribution in [0.1, 0.15) is 21.5 Å². The van der Waals surface area contributed by atoms with E-state index in [1.54, 1.807) is 30.3 Å². The fourth-order valence-corrected chi connectivity index (χ4v) is 3.01. The second kappa shape index (κ2) is 6.88. The van der Waals surface area contributed by atoms with Crippen LogP contribution < -0.4 is 5.32 Å². The molecular weight excluding hydrogens is 371 g/mol. The lowest BCUT2D eigenvalue weighted by molar-refractivity contribution is -0.138. The summed E-state index contributed by atoms with van der Waals surface area (Å²) in [6.07, 6.45) is -1.79. The van der Waals surface area contributed by atoms with Crippen molar-refractivity contribution in [3.63, 3.8) is 0 Å². The molecular formula is C20H14F3N3O2. The smallest absolute Gasteiger partial charge is 0.416 e. The highest BCUT2D eigenvalue weighted by molar-refractivity contribution is 6.07. The third kappa shape index (κ3) is 3.36. The van der Waals surface area contributed by atoms with Crippen LogP contribution in [0, 0.1) is 0 Å². The minimum absolute atomic E-state index is 0.0855. The van der Waals surface area contributed by atoms with Crippen molar-refractivity contribution in [1.82, 2.24) is 9.78 Å². The van der Waals surface area contributed by atoms with Crippen LogP contribution >= 0.6 is 0 Å². The summed E-state index contributed by atoms with van der Waals surface area (Å²) in [7, 11) is 0. The minimum Gasteiger partial charge on any atom is -0.472 e. The zero-order chi connectivity index (χ0) is 19.7. The summed E-state index contributed by atoms with van der Waals surface area (Å²) in [4.78, 5) is 12.3. The predicted molar refractivity (Wildman–Crippen MR) is 96.9 cm³/mol. The monoisotopic (exact) mass is 385 g/mol. The van der Waals surface area contributed by atoms with E-state index in [-0.39, 0.29) is 17.9 Å². The van der Waals surface area contributed by atoms with Gasteiger partial charge in [0.25, 0.3) is 5.91 Å². The first kappa shape index (κ1) is 17.8. The highest BCUT2D eigenvalue weighted by Crippen LogP contribution is 2.33. The number of halogens is 3. The molecule has 2 aromatic carbocycles. The van der Waals surface area contributed by atoms with Gasteiger partial charge in [-0.3, -0.25) is 9.48 Å². The van der Waals surface area contributed by atoms with Crippen LogP contribution in [0.2, 0.25) is 0 Å². The van der Waals surface area contributed by atoms with Crippen LogP contribution in [0.3, 0.4) is 0 Å². The Balaban J connectivity index is 1.73. The molecule has 8 heteroatoms. The number of rotatable bonds is 4. The number of furan rings is 1. The number of amides is 1. The number of nitrogens with one attached hydrogen (secondary N) is 1. The van der Waals surface area contributed by atoms with Gasteiger partial charge in [0.1, 0.15) is 6.26 Å². The molecule has 2 aromatic heterocycles. The molecule has 142 valence electrons. The molecule has 5 nitrogen and oxygen atoms in total. The molecule has 0 bridgehead atoms. The van der Waals surface area contributed by atoms with Crippen molar-refractivity contribution in [1.29, 1.82) is 0 Å². The summed E-state index contributed by atoms with van der Waals surface area (Å²) in [5.74, 6) is -0.147. The zero-order valence-corrected chi connectivity index (χ0v) is 14.4. The summed E-state index contributed by atoms with van der Waals surface area (Å²) >= 11 is 0. The van der Waals surface area contributed by atoms with Crippen LogP contribution in [0.25, 0.3) is 10.9 Å². The van der Waals surface area contributed by atoms with Gasteiger partial charge in [-0.2, -0.15) is 18.3 Å². The van der Waals surface area contributed by atoms with Gasteiger partial charge in [0.05, 0.1) is 29.5 Å². The topological polar surface area (TPSA) is 60.1 Å². The number of carbonyl (C=O) groups excluding carboxylic acids is 1. The van der Waals surface area contributed by atoms with E-state index in [1.807, 2.05) is 0 Å². The second-order valence-electron chi connectivity index (χ2n) is 6.14. The normalized spacial score (nSPS) is 11.7. The number of alkyl halides is 3. The number of para-hydroxylation sites is 1. The number of anilines is 1. The molecule has 4 aromatic rings. The Labute approximate surface area is 157 Å². The average Bonchev–Trinajstić information content (AvgIpc) is 3.31. The van der Waals surface area contributed by atoms with E-state index < -0.39 is 17.6 Å². The summed E-state index contributed by atoms with van der Waals surface area (Å²) < 4.78 is 46.3. The third-order valence-corrected chi connectivity index (χ3v) is 4.32. The Morgan fingerprint density at radius 2 is 1.82 bits per heavy atom. The Bertz CT molecular complexity index is 1130. The molecule has 1 N–H and O–H groups in total. The predicted octanol–water partition coefficient (Wildman–Crippen LogP) is 4.95. The summed E-state index contributed by atoms with van der Waals surface area (Å²) in [6.45, 7) is -0.0855. The molecule has 0 aliphatic rings. The number of benzene rings is 2. The lowest BCUT2D eigenvalue weighted by Crippen LogP contribution is -2.13. The first-order chi connectivity index (χ1) is 13.4. The molecule has 0 spiro atoms. The molecule has 0 saturated heterocycles. The van der Waals surface area contributed by atoms with Crippen LogP contribution in [-0.2, 0) is 12.7 Å². The molecule has 2 heterocycles. The lowest BCUT2D eigenvalue weighted by Gasteiger charge is -2.13. The number of carbonyl (C=O) groups is 1. The van der Waals surface area contributed by atoms with Crippen LogP contribution in [0.15, 0.2) is 71.5 Å². The van der Waals surface area contributed by atoms with E-state index >= 15 is 0 Å². The summed E-state index contributed by atoms with van der Waals surface area (Å²) in [6, 6.07) is 13.9. The Kier molecular flexibility index (Phi) is 4.38. The van der Waals surface area contributed by atoms with Gasteiger partial charge in [-0.15, -0.1) is 0 Å². The van der Waals surface area contributed by atoms with Gasteiger partial charge in [0.15, 0.2) is 5.82 Å². The maximum absolute atomic E-state index is 13.3. The van der Waals surface area contributed by atoms with Crippen LogP contribution in [0.4, 0.5) is 19.0 Å². The molecule has 1 amide bonds. The van der Waals surface area contributed by atoms with Crippen LogP contribution in [0.5, 0.6) is 0 Å². The molecule has 0 atom stereocenters. The molecule has 0 unspecified atom stereocenters. The molecule has 4 rings (SSSR count). The molecule has 0 fully saturated rings. The third-order valence-electron chi connectivity index (χ3n) is 4.32. The van der Waals surface area contributed by atoms with E-state index in [0.717, 1.165) is 6.07 Å². The molecule has 0 aliphatic heterocycles. The number of fused-ring (bicyclic) bond motifs is 1. The number of hydrogen-bond acceptors (Lipinski definition) is 3. The number of aromatic nitrogens is 2. The summed E-state index contributed by atoms with van der Waals surface area (Å²) in [5.41, 5.74) is 0.317. The maximum Gasteiger partial charge on any atom is 0.416 e. The number of nitrogens with zero attached hydrogens (tertiary/aromatic N) is 2. The standard InChI is InChI=1S/C20H14F3N3O2/c21-20(22,23)16-7-3-1-5-13(16)11-26-17-8-4-2-6-15(17)18(25-26)24-19(27)14-9-10-28-12-14/h1-10,12H,11H2,(H,24,25,27).